The molecule has 7 heteroatoms. The minimum atomic E-state index is -1.05. The molecule has 1 rings (SSSR count). The summed E-state index contributed by atoms with van der Waals surface area (Å²) in [5.74, 6) is -0.599. The lowest BCUT2D eigenvalue weighted by molar-refractivity contribution is -0.154. The molecule has 0 spiro atoms. The molecule has 0 aliphatic carbocycles. The molecule has 1 aromatic rings. The minimum absolute atomic E-state index is 0.00549. The Morgan fingerprint density at radius 3 is 2.64 bits per heavy atom. The highest BCUT2D eigenvalue weighted by Crippen LogP contribution is 2.12. The summed E-state index contributed by atoms with van der Waals surface area (Å²) in [5, 5.41) is 4.26. The molecule has 0 aromatic heterocycles. The molecule has 22 heavy (non-hydrogen) atoms. The van der Waals surface area contributed by atoms with E-state index in [1.54, 1.807) is 6.07 Å². The Balaban J connectivity index is 2.30. The van der Waals surface area contributed by atoms with Gasteiger partial charge in [0.1, 0.15) is 5.75 Å². The van der Waals surface area contributed by atoms with Gasteiger partial charge >= 0.3 is 12.0 Å². The van der Waals surface area contributed by atoms with Crippen molar-refractivity contribution in [2.24, 2.45) is 0 Å². The van der Waals surface area contributed by atoms with E-state index in [9.17, 15) is 14.4 Å². The lowest BCUT2D eigenvalue weighted by Crippen LogP contribution is -2.43. The maximum Gasteiger partial charge on any atom is 0.321 e. The summed E-state index contributed by atoms with van der Waals surface area (Å²) in [6.07, 6.45) is -1.05. The van der Waals surface area contributed by atoms with E-state index in [0.717, 1.165) is 5.56 Å². The summed E-state index contributed by atoms with van der Waals surface area (Å²) in [6.45, 7) is 3.47. The summed E-state index contributed by atoms with van der Waals surface area (Å²) in [4.78, 5) is 34.1. The van der Waals surface area contributed by atoms with E-state index >= 15 is 0 Å². The number of carbonyl (C=O) groups is 3. The number of imide groups is 1. The molecule has 0 radical (unpaired) electrons. The molecule has 0 aliphatic heterocycles. The van der Waals surface area contributed by atoms with E-state index in [1.165, 1.54) is 14.0 Å². The van der Waals surface area contributed by atoms with Crippen molar-refractivity contribution < 1.29 is 23.9 Å². The predicted molar refractivity (Wildman–Crippen MR) is 79.4 cm³/mol. The van der Waals surface area contributed by atoms with Gasteiger partial charge in [0.15, 0.2) is 6.10 Å². The zero-order valence-corrected chi connectivity index (χ0v) is 12.8. The van der Waals surface area contributed by atoms with Gasteiger partial charge < -0.3 is 14.8 Å². The Morgan fingerprint density at radius 2 is 2.00 bits per heavy atom. The molecule has 0 bridgehead atoms. The molecule has 3 amide bonds. The lowest BCUT2D eigenvalue weighted by atomic mass is 10.2. The van der Waals surface area contributed by atoms with Crippen LogP contribution in [0.2, 0.25) is 0 Å². The number of amides is 3. The quantitative estimate of drug-likeness (QED) is 0.769. The molecule has 1 aromatic carbocycles. The van der Waals surface area contributed by atoms with Crippen molar-refractivity contribution in [2.75, 3.05) is 13.7 Å². The standard InChI is InChI=1S/C15H20N2O5/c1-10-5-4-6-12(9-10)21-8-7-13(18)22-11(2)14(19)17-15(20)16-3/h4-6,9,11H,7-8H2,1-3H3,(H2,16,17,19,20)/t11-/m0/s1. The summed E-state index contributed by atoms with van der Waals surface area (Å²) in [6, 6.07) is 6.78. The van der Waals surface area contributed by atoms with E-state index in [0.29, 0.717) is 5.75 Å². The first-order valence-electron chi connectivity index (χ1n) is 6.84. The van der Waals surface area contributed by atoms with Crippen LogP contribution in [0.25, 0.3) is 0 Å². The SMILES string of the molecule is CNC(=O)NC(=O)[C@H](C)OC(=O)CCOc1cccc(C)c1. The number of esters is 1. The van der Waals surface area contributed by atoms with Gasteiger partial charge in [-0.1, -0.05) is 12.1 Å². The van der Waals surface area contributed by atoms with Crippen LogP contribution in [-0.2, 0) is 14.3 Å². The summed E-state index contributed by atoms with van der Waals surface area (Å²) < 4.78 is 10.3. The molecular formula is C15H20N2O5. The highest BCUT2D eigenvalue weighted by atomic mass is 16.5. The third-order valence-corrected chi connectivity index (χ3v) is 2.71. The number of hydrogen-bond acceptors (Lipinski definition) is 5. The van der Waals surface area contributed by atoms with E-state index in [2.05, 4.69) is 5.32 Å². The van der Waals surface area contributed by atoms with Gasteiger partial charge in [-0.25, -0.2) is 4.79 Å². The fourth-order valence-electron chi connectivity index (χ4n) is 1.54. The Bertz CT molecular complexity index is 544. The maximum atomic E-state index is 11.6. The van der Waals surface area contributed by atoms with Crippen LogP contribution in [0.5, 0.6) is 5.75 Å². The van der Waals surface area contributed by atoms with Crippen LogP contribution in [0.15, 0.2) is 24.3 Å². The van der Waals surface area contributed by atoms with E-state index in [1.807, 2.05) is 30.4 Å². The van der Waals surface area contributed by atoms with Gasteiger partial charge in [-0.3, -0.25) is 14.9 Å². The third kappa shape index (κ3) is 6.25. The molecule has 0 saturated carbocycles. The van der Waals surface area contributed by atoms with Crippen LogP contribution in [0.3, 0.4) is 0 Å². The van der Waals surface area contributed by atoms with Crippen molar-refractivity contribution in [1.29, 1.82) is 0 Å². The smallest absolute Gasteiger partial charge is 0.321 e. The lowest BCUT2D eigenvalue weighted by Gasteiger charge is -2.13. The zero-order chi connectivity index (χ0) is 16.5. The Labute approximate surface area is 129 Å². The van der Waals surface area contributed by atoms with Crippen molar-refractivity contribution in [3.05, 3.63) is 29.8 Å². The fourth-order valence-corrected chi connectivity index (χ4v) is 1.54. The monoisotopic (exact) mass is 308 g/mol. The number of nitrogens with one attached hydrogen (secondary N) is 2. The Morgan fingerprint density at radius 1 is 1.27 bits per heavy atom. The fraction of sp³-hybridized carbons (Fsp3) is 0.400. The Kier molecular flexibility index (Phi) is 6.88. The first-order chi connectivity index (χ1) is 10.4. The number of benzene rings is 1. The number of urea groups is 1. The number of ether oxygens (including phenoxy) is 2. The molecule has 7 nitrogen and oxygen atoms in total. The number of rotatable bonds is 6. The first kappa shape index (κ1) is 17.5. The van der Waals surface area contributed by atoms with Crippen LogP contribution in [0.1, 0.15) is 18.9 Å². The van der Waals surface area contributed by atoms with Crippen molar-refractivity contribution in [3.63, 3.8) is 0 Å². The maximum absolute atomic E-state index is 11.6. The van der Waals surface area contributed by atoms with Gasteiger partial charge in [-0.2, -0.15) is 0 Å². The second kappa shape index (κ2) is 8.66. The summed E-state index contributed by atoms with van der Waals surface area (Å²) in [5.41, 5.74) is 1.06. The summed E-state index contributed by atoms with van der Waals surface area (Å²) in [7, 11) is 1.38. The topological polar surface area (TPSA) is 93.7 Å². The number of carbonyl (C=O) groups excluding carboxylic acids is 3. The molecule has 1 atom stereocenters. The minimum Gasteiger partial charge on any atom is -0.493 e. The third-order valence-electron chi connectivity index (χ3n) is 2.71. The molecule has 0 saturated heterocycles. The molecular weight excluding hydrogens is 288 g/mol. The largest absolute Gasteiger partial charge is 0.493 e. The summed E-state index contributed by atoms with van der Waals surface area (Å²) >= 11 is 0. The molecule has 0 fully saturated rings. The van der Waals surface area contributed by atoms with Crippen molar-refractivity contribution in [1.82, 2.24) is 10.6 Å². The van der Waals surface area contributed by atoms with Gasteiger partial charge in [-0.05, 0) is 31.5 Å². The van der Waals surface area contributed by atoms with Crippen LogP contribution >= 0.6 is 0 Å². The van der Waals surface area contributed by atoms with Crippen LogP contribution in [0, 0.1) is 6.92 Å². The van der Waals surface area contributed by atoms with Gasteiger partial charge in [0.05, 0.1) is 13.0 Å². The van der Waals surface area contributed by atoms with Crippen LogP contribution in [-0.4, -0.2) is 37.7 Å². The highest BCUT2D eigenvalue weighted by Gasteiger charge is 2.19. The second-order valence-corrected chi connectivity index (χ2v) is 4.62. The van der Waals surface area contributed by atoms with Gasteiger partial charge in [-0.15, -0.1) is 0 Å². The highest BCUT2D eigenvalue weighted by molar-refractivity contribution is 5.96. The number of aryl methyl sites for hydroxylation is 1. The van der Waals surface area contributed by atoms with Crippen LogP contribution in [0.4, 0.5) is 4.79 Å². The predicted octanol–water partition coefficient (Wildman–Crippen LogP) is 1.15. The normalized spacial score (nSPS) is 11.2. The number of hydrogen-bond donors (Lipinski definition) is 2. The molecule has 0 heterocycles. The molecule has 0 aliphatic rings. The first-order valence-corrected chi connectivity index (χ1v) is 6.84. The zero-order valence-electron chi connectivity index (χ0n) is 12.8. The van der Waals surface area contributed by atoms with E-state index in [-0.39, 0.29) is 13.0 Å². The van der Waals surface area contributed by atoms with Gasteiger partial charge in [0.25, 0.3) is 5.91 Å². The Hall–Kier alpha value is -2.57. The van der Waals surface area contributed by atoms with Crippen molar-refractivity contribution in [2.45, 2.75) is 26.4 Å². The van der Waals surface area contributed by atoms with Gasteiger partial charge in [0, 0.05) is 7.05 Å². The molecule has 120 valence electrons. The van der Waals surface area contributed by atoms with Crippen molar-refractivity contribution >= 4 is 17.9 Å². The molecule has 0 unspecified atom stereocenters. The second-order valence-electron chi connectivity index (χ2n) is 4.62. The van der Waals surface area contributed by atoms with Crippen LogP contribution < -0.4 is 15.4 Å². The average Bonchev–Trinajstić information content (AvgIpc) is 2.47. The van der Waals surface area contributed by atoms with E-state index < -0.39 is 24.0 Å². The van der Waals surface area contributed by atoms with Gasteiger partial charge in [0.2, 0.25) is 0 Å². The van der Waals surface area contributed by atoms with E-state index in [4.69, 9.17) is 9.47 Å². The molecule has 2 N–H and O–H groups in total. The van der Waals surface area contributed by atoms with Crippen molar-refractivity contribution in [3.8, 4) is 5.75 Å². The average molecular weight is 308 g/mol.